The molecule has 3 fully saturated rings. The van der Waals surface area contributed by atoms with Crippen LogP contribution < -0.4 is 9.64 Å². The molecule has 2 amide bonds. The normalized spacial score (nSPS) is 25.4. The molecule has 1 aromatic rings. The summed E-state index contributed by atoms with van der Waals surface area (Å²) in [5.41, 5.74) is 1.93. The molecule has 1 saturated carbocycles. The fourth-order valence-electron chi connectivity index (χ4n) is 4.93. The number of fused-ring (bicyclic) bond motifs is 2. The minimum atomic E-state index is -0.290. The summed E-state index contributed by atoms with van der Waals surface area (Å²) in [6.45, 7) is 2.66. The summed E-state index contributed by atoms with van der Waals surface area (Å²) in [4.78, 5) is 29.4. The molecule has 2 bridgehead atoms. The minimum absolute atomic E-state index is 0.0411. The lowest BCUT2D eigenvalue weighted by atomic mass is 10.0. The van der Waals surface area contributed by atoms with Crippen LogP contribution >= 0.6 is 0 Å². The molecule has 2 aliphatic heterocycles. The highest BCUT2D eigenvalue weighted by atomic mass is 16.5. The van der Waals surface area contributed by atoms with Gasteiger partial charge in [-0.05, 0) is 43.4 Å². The van der Waals surface area contributed by atoms with Crippen molar-refractivity contribution in [3.05, 3.63) is 23.8 Å². The smallest absolute Gasteiger partial charge is 0.250 e. The Bertz CT molecular complexity index is 711. The van der Waals surface area contributed by atoms with Crippen LogP contribution in [-0.4, -0.2) is 42.5 Å². The van der Waals surface area contributed by atoms with Crippen molar-refractivity contribution in [1.82, 2.24) is 4.90 Å². The monoisotopic (exact) mass is 356 g/mol. The van der Waals surface area contributed by atoms with Gasteiger partial charge in [0.15, 0.2) is 0 Å². The maximum atomic E-state index is 13.0. The van der Waals surface area contributed by atoms with Gasteiger partial charge in [0, 0.05) is 13.0 Å². The number of amides is 2. The Morgan fingerprint density at radius 3 is 2.73 bits per heavy atom. The number of hydrogen-bond donors (Lipinski definition) is 0. The lowest BCUT2D eigenvalue weighted by Crippen LogP contribution is -2.52. The lowest BCUT2D eigenvalue weighted by molar-refractivity contribution is -0.138. The van der Waals surface area contributed by atoms with Crippen molar-refractivity contribution in [2.75, 3.05) is 18.6 Å². The van der Waals surface area contributed by atoms with Crippen molar-refractivity contribution in [3.8, 4) is 5.75 Å². The maximum Gasteiger partial charge on any atom is 0.250 e. The molecule has 0 spiro atoms. The number of carbonyl (C=O) groups excluding carboxylic acids is 2. The molecule has 5 nitrogen and oxygen atoms in total. The van der Waals surface area contributed by atoms with Crippen molar-refractivity contribution < 1.29 is 14.3 Å². The van der Waals surface area contributed by atoms with Gasteiger partial charge in [0.1, 0.15) is 11.8 Å². The highest BCUT2D eigenvalue weighted by Gasteiger charge is 2.52. The Balaban J connectivity index is 1.45. The summed E-state index contributed by atoms with van der Waals surface area (Å²) in [5, 5.41) is 0. The van der Waals surface area contributed by atoms with Crippen LogP contribution in [0.4, 0.5) is 5.69 Å². The molecule has 5 heteroatoms. The predicted molar refractivity (Wildman–Crippen MR) is 100 cm³/mol. The van der Waals surface area contributed by atoms with Gasteiger partial charge in [0.25, 0.3) is 0 Å². The third kappa shape index (κ3) is 2.97. The molecule has 2 saturated heterocycles. The minimum Gasteiger partial charge on any atom is -0.495 e. The molecular formula is C21H28N2O3. The Hall–Kier alpha value is -2.04. The van der Waals surface area contributed by atoms with Gasteiger partial charge in [-0.3, -0.25) is 9.59 Å². The van der Waals surface area contributed by atoms with Crippen LogP contribution in [0.15, 0.2) is 18.2 Å². The van der Waals surface area contributed by atoms with Gasteiger partial charge < -0.3 is 14.5 Å². The quantitative estimate of drug-likeness (QED) is 0.813. The number of hydrogen-bond acceptors (Lipinski definition) is 3. The molecule has 26 heavy (non-hydrogen) atoms. The van der Waals surface area contributed by atoms with E-state index in [0.29, 0.717) is 18.9 Å². The van der Waals surface area contributed by atoms with E-state index in [-0.39, 0.29) is 23.9 Å². The fraction of sp³-hybridized carbons (Fsp3) is 0.619. The number of aryl methyl sites for hydroxylation is 1. The number of benzene rings is 1. The molecule has 4 rings (SSSR count). The summed E-state index contributed by atoms with van der Waals surface area (Å²) >= 11 is 0. The Morgan fingerprint density at radius 2 is 2.04 bits per heavy atom. The van der Waals surface area contributed by atoms with E-state index in [1.165, 1.54) is 25.7 Å². The molecule has 0 aromatic heterocycles. The Kier molecular flexibility index (Phi) is 4.63. The van der Waals surface area contributed by atoms with Gasteiger partial charge in [-0.25, -0.2) is 0 Å². The molecule has 140 valence electrons. The first-order chi connectivity index (χ1) is 12.6. The van der Waals surface area contributed by atoms with Crippen LogP contribution in [0.25, 0.3) is 0 Å². The third-order valence-corrected chi connectivity index (χ3v) is 6.32. The van der Waals surface area contributed by atoms with E-state index in [0.717, 1.165) is 29.8 Å². The van der Waals surface area contributed by atoms with Crippen LogP contribution in [0, 0.1) is 12.8 Å². The van der Waals surface area contributed by atoms with E-state index in [4.69, 9.17) is 4.74 Å². The highest BCUT2D eigenvalue weighted by molar-refractivity contribution is 6.04. The van der Waals surface area contributed by atoms with Crippen LogP contribution in [0.3, 0.4) is 0 Å². The summed E-state index contributed by atoms with van der Waals surface area (Å²) in [5.74, 6) is 1.63. The van der Waals surface area contributed by atoms with Gasteiger partial charge in [-0.15, -0.1) is 0 Å². The zero-order chi connectivity index (χ0) is 18.3. The first-order valence-electron chi connectivity index (χ1n) is 9.85. The fourth-order valence-corrected chi connectivity index (χ4v) is 4.93. The largest absolute Gasteiger partial charge is 0.495 e. The van der Waals surface area contributed by atoms with Gasteiger partial charge in [0.2, 0.25) is 11.8 Å². The predicted octanol–water partition coefficient (Wildman–Crippen LogP) is 3.29. The van der Waals surface area contributed by atoms with Crippen molar-refractivity contribution in [2.24, 2.45) is 5.92 Å². The Labute approximate surface area is 155 Å². The van der Waals surface area contributed by atoms with E-state index in [2.05, 4.69) is 0 Å². The number of rotatable bonds is 5. The number of anilines is 1. The molecule has 0 unspecified atom stereocenters. The number of piperazine rings is 1. The highest BCUT2D eigenvalue weighted by Crippen LogP contribution is 2.40. The van der Waals surface area contributed by atoms with E-state index in [1.807, 2.05) is 34.9 Å². The molecule has 1 aromatic carbocycles. The van der Waals surface area contributed by atoms with Gasteiger partial charge in [0.05, 0.1) is 18.8 Å². The second kappa shape index (κ2) is 6.93. The lowest BCUT2D eigenvalue weighted by Gasteiger charge is -2.34. The summed E-state index contributed by atoms with van der Waals surface area (Å²) < 4.78 is 5.46. The molecule has 2 heterocycles. The average Bonchev–Trinajstić information content (AvgIpc) is 3.36. The van der Waals surface area contributed by atoms with E-state index in [1.54, 1.807) is 7.11 Å². The SMILES string of the molecule is COc1ccc(C)cc1N1C(=O)[C@@H]2C[C@H]1CN2C(=O)CCC1CCCC1. The average molecular weight is 356 g/mol. The number of likely N-dealkylation sites (tertiary alicyclic amines) is 1. The second-order valence-corrected chi connectivity index (χ2v) is 8.02. The third-order valence-electron chi connectivity index (χ3n) is 6.32. The Morgan fingerprint density at radius 1 is 1.27 bits per heavy atom. The molecule has 1 aliphatic carbocycles. The zero-order valence-corrected chi connectivity index (χ0v) is 15.7. The maximum absolute atomic E-state index is 13.0. The van der Waals surface area contributed by atoms with Gasteiger partial charge >= 0.3 is 0 Å². The molecule has 0 N–H and O–H groups in total. The van der Waals surface area contributed by atoms with E-state index in [9.17, 15) is 9.59 Å². The second-order valence-electron chi connectivity index (χ2n) is 8.02. The van der Waals surface area contributed by atoms with Crippen molar-refractivity contribution in [2.45, 2.75) is 64.0 Å². The van der Waals surface area contributed by atoms with Gasteiger partial charge in [-0.2, -0.15) is 0 Å². The molecular weight excluding hydrogens is 328 g/mol. The van der Waals surface area contributed by atoms with Crippen LogP contribution in [-0.2, 0) is 9.59 Å². The van der Waals surface area contributed by atoms with Crippen LogP contribution in [0.2, 0.25) is 0 Å². The summed E-state index contributed by atoms with van der Waals surface area (Å²) in [6, 6.07) is 5.68. The summed E-state index contributed by atoms with van der Waals surface area (Å²) in [6.07, 6.45) is 7.45. The van der Waals surface area contributed by atoms with Crippen molar-refractivity contribution in [1.29, 1.82) is 0 Å². The topological polar surface area (TPSA) is 49.9 Å². The number of nitrogens with zero attached hydrogens (tertiary/aromatic N) is 2. The number of ether oxygens (including phenoxy) is 1. The number of carbonyl (C=O) groups is 2. The number of methoxy groups -OCH3 is 1. The van der Waals surface area contributed by atoms with E-state index < -0.39 is 0 Å². The van der Waals surface area contributed by atoms with Crippen LogP contribution in [0.1, 0.15) is 50.5 Å². The molecule has 0 radical (unpaired) electrons. The standard InChI is InChI=1S/C21H28N2O3/c1-14-7-9-19(26-2)17(11-14)23-16-12-18(21(23)25)22(13-16)20(24)10-8-15-5-3-4-6-15/h7,9,11,15-16,18H,3-6,8,10,12-13H2,1-2H3/t16-,18-/m0/s1. The molecule has 3 aliphatic rings. The molecule has 2 atom stereocenters. The van der Waals surface area contributed by atoms with E-state index >= 15 is 0 Å². The first kappa shape index (κ1) is 17.4. The van der Waals surface area contributed by atoms with Crippen LogP contribution in [0.5, 0.6) is 5.75 Å². The van der Waals surface area contributed by atoms with Gasteiger partial charge in [-0.1, -0.05) is 31.7 Å². The first-order valence-corrected chi connectivity index (χ1v) is 9.85. The zero-order valence-electron chi connectivity index (χ0n) is 15.7. The summed E-state index contributed by atoms with van der Waals surface area (Å²) in [7, 11) is 1.63. The van der Waals surface area contributed by atoms with Crippen molar-refractivity contribution in [3.63, 3.8) is 0 Å². The van der Waals surface area contributed by atoms with Crippen molar-refractivity contribution >= 4 is 17.5 Å².